The van der Waals surface area contributed by atoms with Crippen molar-refractivity contribution in [2.24, 2.45) is 5.73 Å². The maximum Gasteiger partial charge on any atom is 0.222 e. The Labute approximate surface area is 116 Å². The summed E-state index contributed by atoms with van der Waals surface area (Å²) in [6.45, 7) is 0.596. The van der Waals surface area contributed by atoms with E-state index >= 15 is 0 Å². The predicted octanol–water partition coefficient (Wildman–Crippen LogP) is 2.79. The highest BCUT2D eigenvalue weighted by Crippen LogP contribution is 2.32. The van der Waals surface area contributed by atoms with Gasteiger partial charge in [-0.15, -0.1) is 11.3 Å². The van der Waals surface area contributed by atoms with Crippen LogP contribution in [0.4, 0.5) is 0 Å². The molecule has 19 heavy (non-hydrogen) atoms. The number of carbonyl (C=O) groups is 1. The zero-order valence-electron chi connectivity index (χ0n) is 10.8. The molecule has 3 N–H and O–H groups in total. The highest BCUT2D eigenvalue weighted by atomic mass is 32.1. The summed E-state index contributed by atoms with van der Waals surface area (Å²) in [5, 5.41) is 6.34. The highest BCUT2D eigenvalue weighted by Gasteiger charge is 2.34. The van der Waals surface area contributed by atoms with Gasteiger partial charge in [0.25, 0.3) is 0 Å². The fourth-order valence-electron chi connectivity index (χ4n) is 2.55. The first-order valence-corrected chi connectivity index (χ1v) is 7.55. The summed E-state index contributed by atoms with van der Waals surface area (Å²) in [7, 11) is 0. The van der Waals surface area contributed by atoms with Crippen molar-refractivity contribution in [2.75, 3.05) is 0 Å². The molecule has 0 unspecified atom stereocenters. The van der Waals surface area contributed by atoms with Crippen molar-refractivity contribution in [1.82, 2.24) is 5.32 Å². The minimum Gasteiger partial charge on any atom is -0.352 e. The van der Waals surface area contributed by atoms with E-state index in [1.165, 1.54) is 15.6 Å². The predicted molar refractivity (Wildman–Crippen MR) is 79.1 cm³/mol. The maximum absolute atomic E-state index is 11.9. The third-order valence-corrected chi connectivity index (χ3v) is 4.91. The Kier molecular flexibility index (Phi) is 3.29. The Morgan fingerprint density at radius 3 is 2.89 bits per heavy atom. The van der Waals surface area contributed by atoms with Crippen LogP contribution in [0.15, 0.2) is 29.6 Å². The largest absolute Gasteiger partial charge is 0.352 e. The van der Waals surface area contributed by atoms with Crippen LogP contribution in [0.2, 0.25) is 0 Å². The van der Waals surface area contributed by atoms with Gasteiger partial charge in [-0.05, 0) is 41.7 Å². The van der Waals surface area contributed by atoms with Crippen LogP contribution in [-0.4, -0.2) is 11.4 Å². The molecule has 0 atom stereocenters. The third-order valence-electron chi connectivity index (χ3n) is 3.90. The molecule has 4 heteroatoms. The summed E-state index contributed by atoms with van der Waals surface area (Å²) in [5.41, 5.74) is 7.04. The number of amides is 1. The van der Waals surface area contributed by atoms with Gasteiger partial charge in [-0.2, -0.15) is 0 Å². The van der Waals surface area contributed by atoms with E-state index in [2.05, 4.69) is 22.8 Å². The number of nitrogens with two attached hydrogens (primary N) is 1. The average molecular weight is 274 g/mol. The van der Waals surface area contributed by atoms with E-state index in [0.29, 0.717) is 13.0 Å². The molecule has 1 saturated carbocycles. The summed E-state index contributed by atoms with van der Waals surface area (Å²) in [4.78, 5) is 11.9. The average Bonchev–Trinajstić information content (AvgIpc) is 2.78. The first-order chi connectivity index (χ1) is 9.16. The lowest BCUT2D eigenvalue weighted by Crippen LogP contribution is -2.49. The number of fused-ring (bicyclic) bond motifs is 1. The summed E-state index contributed by atoms with van der Waals surface area (Å²) < 4.78 is 1.26. The van der Waals surface area contributed by atoms with Crippen LogP contribution in [0.5, 0.6) is 0 Å². The van der Waals surface area contributed by atoms with Gasteiger partial charge in [0.05, 0.1) is 0 Å². The van der Waals surface area contributed by atoms with Crippen molar-refractivity contribution in [3.8, 4) is 0 Å². The van der Waals surface area contributed by atoms with Crippen LogP contribution >= 0.6 is 11.3 Å². The molecule has 1 aliphatic carbocycles. The van der Waals surface area contributed by atoms with Gasteiger partial charge in [-0.25, -0.2) is 0 Å². The monoisotopic (exact) mass is 274 g/mol. The lowest BCUT2D eigenvalue weighted by molar-refractivity contribution is -0.123. The van der Waals surface area contributed by atoms with Gasteiger partial charge in [0.2, 0.25) is 5.91 Å². The molecule has 100 valence electrons. The van der Waals surface area contributed by atoms with E-state index in [1.807, 2.05) is 12.1 Å². The summed E-state index contributed by atoms with van der Waals surface area (Å²) >= 11 is 1.72. The molecule has 1 heterocycles. The van der Waals surface area contributed by atoms with E-state index in [0.717, 1.165) is 19.3 Å². The molecule has 1 aliphatic rings. The lowest BCUT2D eigenvalue weighted by atomic mass is 9.75. The Hall–Kier alpha value is -1.39. The molecule has 1 amide bonds. The number of thiophene rings is 1. The fourth-order valence-corrected chi connectivity index (χ4v) is 3.52. The van der Waals surface area contributed by atoms with Crippen molar-refractivity contribution in [1.29, 1.82) is 0 Å². The van der Waals surface area contributed by atoms with Crippen molar-refractivity contribution in [2.45, 2.75) is 37.8 Å². The lowest BCUT2D eigenvalue weighted by Gasteiger charge is -2.37. The number of carbonyl (C=O) groups excluding carboxylic acids is 1. The van der Waals surface area contributed by atoms with Crippen LogP contribution in [-0.2, 0) is 11.3 Å². The van der Waals surface area contributed by atoms with Crippen LogP contribution in [0, 0.1) is 0 Å². The number of hydrogen-bond donors (Lipinski definition) is 2. The SMILES string of the molecule is NC1(CC(=O)NCc2csc3ccccc23)CCC1. The second-order valence-corrected chi connectivity index (χ2v) is 6.34. The first kappa shape index (κ1) is 12.6. The normalized spacial score (nSPS) is 17.1. The molecule has 0 saturated heterocycles. The van der Waals surface area contributed by atoms with Crippen molar-refractivity contribution in [3.63, 3.8) is 0 Å². The van der Waals surface area contributed by atoms with Gasteiger partial charge < -0.3 is 11.1 Å². The Bertz CT molecular complexity index is 601. The Balaban J connectivity index is 1.61. The maximum atomic E-state index is 11.9. The summed E-state index contributed by atoms with van der Waals surface area (Å²) in [6, 6.07) is 8.28. The molecule has 0 spiro atoms. The van der Waals surface area contributed by atoms with Crippen molar-refractivity contribution in [3.05, 3.63) is 35.2 Å². The van der Waals surface area contributed by atoms with E-state index in [9.17, 15) is 4.79 Å². The minimum atomic E-state index is -0.235. The minimum absolute atomic E-state index is 0.0671. The number of rotatable bonds is 4. The molecular formula is C15H18N2OS. The van der Waals surface area contributed by atoms with E-state index in [4.69, 9.17) is 5.73 Å². The quantitative estimate of drug-likeness (QED) is 0.900. The van der Waals surface area contributed by atoms with Crippen molar-refractivity contribution >= 4 is 27.3 Å². The Morgan fingerprint density at radius 1 is 1.37 bits per heavy atom. The van der Waals surface area contributed by atoms with Crippen LogP contribution in [0.1, 0.15) is 31.2 Å². The number of nitrogens with one attached hydrogen (secondary N) is 1. The first-order valence-electron chi connectivity index (χ1n) is 6.67. The summed E-state index contributed by atoms with van der Waals surface area (Å²) in [6.07, 6.45) is 3.55. The number of benzene rings is 1. The highest BCUT2D eigenvalue weighted by molar-refractivity contribution is 7.17. The topological polar surface area (TPSA) is 55.1 Å². The van der Waals surface area contributed by atoms with Gasteiger partial charge in [-0.3, -0.25) is 4.79 Å². The van der Waals surface area contributed by atoms with Crippen molar-refractivity contribution < 1.29 is 4.79 Å². The zero-order chi connectivity index (χ0) is 13.3. The molecule has 0 radical (unpaired) electrons. The van der Waals surface area contributed by atoms with E-state index in [1.54, 1.807) is 11.3 Å². The molecule has 3 rings (SSSR count). The smallest absolute Gasteiger partial charge is 0.222 e. The fraction of sp³-hybridized carbons (Fsp3) is 0.400. The van der Waals surface area contributed by atoms with Gasteiger partial charge >= 0.3 is 0 Å². The van der Waals surface area contributed by atoms with E-state index in [-0.39, 0.29) is 11.4 Å². The van der Waals surface area contributed by atoms with Crippen LogP contribution in [0.25, 0.3) is 10.1 Å². The van der Waals surface area contributed by atoms with Crippen LogP contribution < -0.4 is 11.1 Å². The van der Waals surface area contributed by atoms with Gasteiger partial charge in [0.15, 0.2) is 0 Å². The second kappa shape index (κ2) is 4.94. The molecule has 3 nitrogen and oxygen atoms in total. The van der Waals surface area contributed by atoms with Gasteiger partial charge in [0, 0.05) is 23.2 Å². The molecule has 0 bridgehead atoms. The summed E-state index contributed by atoms with van der Waals surface area (Å²) in [5.74, 6) is 0.0671. The molecule has 1 aromatic heterocycles. The second-order valence-electron chi connectivity index (χ2n) is 5.43. The Morgan fingerprint density at radius 2 is 2.16 bits per heavy atom. The number of hydrogen-bond acceptors (Lipinski definition) is 3. The molecule has 2 aromatic rings. The van der Waals surface area contributed by atoms with E-state index < -0.39 is 0 Å². The zero-order valence-corrected chi connectivity index (χ0v) is 11.6. The van der Waals surface area contributed by atoms with Gasteiger partial charge in [-0.1, -0.05) is 18.2 Å². The third kappa shape index (κ3) is 2.65. The standard InChI is InChI=1S/C15H18N2OS/c16-15(6-3-7-15)8-14(18)17-9-11-10-19-13-5-2-1-4-12(11)13/h1-2,4-5,10H,3,6-9,16H2,(H,17,18). The molecule has 1 fully saturated rings. The molecule has 1 aromatic carbocycles. The van der Waals surface area contributed by atoms with Crippen LogP contribution in [0.3, 0.4) is 0 Å². The molecular weight excluding hydrogens is 256 g/mol. The van der Waals surface area contributed by atoms with Gasteiger partial charge in [0.1, 0.15) is 0 Å². The molecule has 0 aliphatic heterocycles.